The molecule has 0 aliphatic rings. The number of fused-ring (bicyclic) bond motifs is 1. The highest BCUT2D eigenvalue weighted by Gasteiger charge is 2.10. The molecule has 0 unspecified atom stereocenters. The van der Waals surface area contributed by atoms with E-state index < -0.39 is 0 Å². The lowest BCUT2D eigenvalue weighted by Gasteiger charge is -2.12. The first-order valence-electron chi connectivity index (χ1n) is 5.29. The van der Waals surface area contributed by atoms with Crippen LogP contribution in [0.1, 0.15) is 19.4 Å². The average molecular weight is 228 g/mol. The first-order chi connectivity index (χ1) is 8.11. The minimum absolute atomic E-state index is 0.0245. The molecule has 0 amide bonds. The van der Waals surface area contributed by atoms with Crippen LogP contribution in [0.15, 0.2) is 24.5 Å². The Balaban J connectivity index is 2.67. The van der Waals surface area contributed by atoms with Crippen LogP contribution in [0, 0.1) is 11.3 Å². The van der Waals surface area contributed by atoms with Crippen molar-refractivity contribution < 1.29 is 9.84 Å². The van der Waals surface area contributed by atoms with Gasteiger partial charge in [-0.25, -0.2) is 0 Å². The second-order valence-corrected chi connectivity index (χ2v) is 4.01. The van der Waals surface area contributed by atoms with E-state index in [1.165, 1.54) is 6.20 Å². The summed E-state index contributed by atoms with van der Waals surface area (Å²) in [7, 11) is 0. The van der Waals surface area contributed by atoms with Crippen molar-refractivity contribution in [3.8, 4) is 17.6 Å². The Morgan fingerprint density at radius 3 is 2.76 bits per heavy atom. The Labute approximate surface area is 99.1 Å². The molecule has 0 saturated carbocycles. The van der Waals surface area contributed by atoms with E-state index in [-0.39, 0.29) is 11.9 Å². The van der Waals surface area contributed by atoms with Crippen LogP contribution < -0.4 is 4.74 Å². The van der Waals surface area contributed by atoms with Crippen molar-refractivity contribution in [2.75, 3.05) is 0 Å². The third kappa shape index (κ3) is 2.13. The highest BCUT2D eigenvalue weighted by Crippen LogP contribution is 2.30. The molecule has 1 heterocycles. The smallest absolute Gasteiger partial charge is 0.141 e. The van der Waals surface area contributed by atoms with Crippen LogP contribution in [0.3, 0.4) is 0 Å². The number of nitrogens with zero attached hydrogens (tertiary/aromatic N) is 2. The molecule has 1 aromatic carbocycles. The van der Waals surface area contributed by atoms with Gasteiger partial charge in [-0.2, -0.15) is 5.26 Å². The molecule has 0 bridgehead atoms. The second kappa shape index (κ2) is 4.30. The number of benzene rings is 1. The van der Waals surface area contributed by atoms with E-state index in [1.807, 2.05) is 13.8 Å². The second-order valence-electron chi connectivity index (χ2n) is 4.01. The molecular weight excluding hydrogens is 216 g/mol. The number of aromatic hydroxyl groups is 1. The van der Waals surface area contributed by atoms with E-state index in [0.29, 0.717) is 16.7 Å². The molecule has 17 heavy (non-hydrogen) atoms. The minimum atomic E-state index is -0.0245. The minimum Gasteiger partial charge on any atom is -0.506 e. The van der Waals surface area contributed by atoms with Crippen molar-refractivity contribution in [2.24, 2.45) is 0 Å². The van der Waals surface area contributed by atoms with Crippen molar-refractivity contribution in [2.45, 2.75) is 20.0 Å². The first kappa shape index (κ1) is 11.2. The number of ether oxygens (including phenoxy) is 1. The molecule has 2 aromatic rings. The standard InChI is InChI=1S/C13H12N2O2/c1-8(2)17-13-4-11-10(3-9(13)5-14)6-15-7-12(11)16/h3-4,6-8,16H,1-2H3. The van der Waals surface area contributed by atoms with E-state index in [1.54, 1.807) is 18.3 Å². The molecule has 86 valence electrons. The van der Waals surface area contributed by atoms with Gasteiger partial charge in [0, 0.05) is 17.0 Å². The lowest BCUT2D eigenvalue weighted by atomic mass is 10.1. The molecule has 0 aliphatic heterocycles. The zero-order valence-corrected chi connectivity index (χ0v) is 9.64. The summed E-state index contributed by atoms with van der Waals surface area (Å²) >= 11 is 0. The van der Waals surface area contributed by atoms with Gasteiger partial charge in [0.1, 0.15) is 17.6 Å². The fourth-order valence-electron chi connectivity index (χ4n) is 1.62. The molecule has 0 aliphatic carbocycles. The summed E-state index contributed by atoms with van der Waals surface area (Å²) in [4.78, 5) is 3.88. The van der Waals surface area contributed by atoms with Gasteiger partial charge >= 0.3 is 0 Å². The summed E-state index contributed by atoms with van der Waals surface area (Å²) < 4.78 is 5.55. The van der Waals surface area contributed by atoms with Crippen LogP contribution in [-0.4, -0.2) is 16.2 Å². The fourth-order valence-corrected chi connectivity index (χ4v) is 1.62. The van der Waals surface area contributed by atoms with Gasteiger partial charge in [0.05, 0.1) is 17.9 Å². The number of hydrogen-bond acceptors (Lipinski definition) is 4. The van der Waals surface area contributed by atoms with E-state index in [2.05, 4.69) is 11.1 Å². The third-order valence-electron chi connectivity index (χ3n) is 2.32. The molecule has 1 N–H and O–H groups in total. The lowest BCUT2D eigenvalue weighted by molar-refractivity contribution is 0.242. The van der Waals surface area contributed by atoms with E-state index in [9.17, 15) is 5.11 Å². The topological polar surface area (TPSA) is 66.1 Å². The molecule has 1 aromatic heterocycles. The van der Waals surface area contributed by atoms with E-state index in [4.69, 9.17) is 10.00 Å². The predicted molar refractivity (Wildman–Crippen MR) is 63.9 cm³/mol. The van der Waals surface area contributed by atoms with E-state index >= 15 is 0 Å². The predicted octanol–water partition coefficient (Wildman–Crippen LogP) is 2.60. The monoisotopic (exact) mass is 228 g/mol. The highest BCUT2D eigenvalue weighted by atomic mass is 16.5. The van der Waals surface area contributed by atoms with Gasteiger partial charge in [-0.15, -0.1) is 0 Å². The molecular formula is C13H12N2O2. The summed E-state index contributed by atoms with van der Waals surface area (Å²) in [5.74, 6) is 0.567. The third-order valence-corrected chi connectivity index (χ3v) is 2.32. The van der Waals surface area contributed by atoms with Gasteiger partial charge in [-0.05, 0) is 26.0 Å². The first-order valence-corrected chi connectivity index (χ1v) is 5.29. The van der Waals surface area contributed by atoms with Gasteiger partial charge in [0.2, 0.25) is 0 Å². The molecule has 0 saturated heterocycles. The quantitative estimate of drug-likeness (QED) is 0.857. The number of nitriles is 1. The van der Waals surface area contributed by atoms with Gasteiger partial charge in [-0.3, -0.25) is 4.98 Å². The van der Waals surface area contributed by atoms with Gasteiger partial charge < -0.3 is 9.84 Å². The summed E-state index contributed by atoms with van der Waals surface area (Å²) in [5, 5.41) is 20.1. The molecule has 4 heteroatoms. The molecule has 4 nitrogen and oxygen atoms in total. The molecule has 0 radical (unpaired) electrons. The average Bonchev–Trinajstić information content (AvgIpc) is 2.29. The molecule has 2 rings (SSSR count). The van der Waals surface area contributed by atoms with Crippen molar-refractivity contribution >= 4 is 10.8 Å². The Morgan fingerprint density at radius 1 is 1.35 bits per heavy atom. The Hall–Kier alpha value is -2.28. The summed E-state index contributed by atoms with van der Waals surface area (Å²) in [6.07, 6.45) is 2.95. The highest BCUT2D eigenvalue weighted by molar-refractivity contribution is 5.89. The van der Waals surface area contributed by atoms with Crippen molar-refractivity contribution in [1.29, 1.82) is 5.26 Å². The largest absolute Gasteiger partial charge is 0.506 e. The van der Waals surface area contributed by atoms with Crippen LogP contribution in [-0.2, 0) is 0 Å². The normalized spacial score (nSPS) is 10.5. The summed E-state index contributed by atoms with van der Waals surface area (Å²) in [5.41, 5.74) is 0.443. The Bertz CT molecular complexity index is 600. The zero-order valence-electron chi connectivity index (χ0n) is 9.64. The van der Waals surface area contributed by atoms with Crippen LogP contribution in [0.4, 0.5) is 0 Å². The Kier molecular flexibility index (Phi) is 2.84. The van der Waals surface area contributed by atoms with Crippen LogP contribution in [0.2, 0.25) is 0 Å². The number of aromatic nitrogens is 1. The van der Waals surface area contributed by atoms with Crippen LogP contribution in [0.5, 0.6) is 11.5 Å². The van der Waals surface area contributed by atoms with Gasteiger partial charge in [0.25, 0.3) is 0 Å². The van der Waals surface area contributed by atoms with Crippen molar-refractivity contribution in [3.05, 3.63) is 30.1 Å². The maximum absolute atomic E-state index is 9.69. The number of pyridine rings is 1. The summed E-state index contributed by atoms with van der Waals surface area (Å²) in [6, 6.07) is 5.42. The molecule has 0 fully saturated rings. The van der Waals surface area contributed by atoms with Gasteiger partial charge in [-0.1, -0.05) is 0 Å². The van der Waals surface area contributed by atoms with Crippen molar-refractivity contribution in [1.82, 2.24) is 4.98 Å². The number of rotatable bonds is 2. The molecule has 0 spiro atoms. The summed E-state index contributed by atoms with van der Waals surface area (Å²) in [6.45, 7) is 3.77. The van der Waals surface area contributed by atoms with Crippen LogP contribution in [0.25, 0.3) is 10.8 Å². The zero-order chi connectivity index (χ0) is 12.4. The van der Waals surface area contributed by atoms with Gasteiger partial charge in [0.15, 0.2) is 0 Å². The fraction of sp³-hybridized carbons (Fsp3) is 0.231. The van der Waals surface area contributed by atoms with Crippen molar-refractivity contribution in [3.63, 3.8) is 0 Å². The van der Waals surface area contributed by atoms with E-state index in [0.717, 1.165) is 5.39 Å². The maximum atomic E-state index is 9.69. The lowest BCUT2D eigenvalue weighted by Crippen LogP contribution is -2.06. The number of hydrogen-bond donors (Lipinski definition) is 1. The molecule has 0 atom stereocenters. The maximum Gasteiger partial charge on any atom is 0.141 e. The SMILES string of the molecule is CC(C)Oc1cc2c(O)cncc2cc1C#N. The Morgan fingerprint density at radius 2 is 2.12 bits per heavy atom. The van der Waals surface area contributed by atoms with Crippen LogP contribution >= 0.6 is 0 Å².